The SMILES string of the molecule is CCS[C@@H]1O[C@@H](C)[C@H](O[C@@H]2OC[C@@H](OC(=O)c3ccccc3)[C@H](O[C@@H]3OC[C@@](COC(C)=O)(OC(C)=O)[C@H]3OC(C)=O)[C@H]2OC(=O)c2ccccc2)[C@@H](OC(C)=O)[C@H]1OC(C)=O. The molecule has 0 spiro atoms. The van der Waals surface area contributed by atoms with Crippen LogP contribution in [0, 0.1) is 0 Å². The summed E-state index contributed by atoms with van der Waals surface area (Å²) >= 11 is 1.30. The lowest BCUT2D eigenvalue weighted by atomic mass is 9.98. The fourth-order valence-electron chi connectivity index (χ4n) is 7.05. The van der Waals surface area contributed by atoms with Crippen LogP contribution in [-0.2, 0) is 80.8 Å². The lowest BCUT2D eigenvalue weighted by molar-refractivity contribution is -0.333. The summed E-state index contributed by atoms with van der Waals surface area (Å²) in [6.45, 7) is 7.49. The summed E-state index contributed by atoms with van der Waals surface area (Å²) in [6.07, 6.45) is -14.3. The quantitative estimate of drug-likeness (QED) is 0.174. The highest BCUT2D eigenvalue weighted by atomic mass is 32.2. The highest BCUT2D eigenvalue weighted by Crippen LogP contribution is 2.39. The number of rotatable bonds is 16. The van der Waals surface area contributed by atoms with Gasteiger partial charge in [0.1, 0.15) is 24.3 Å². The van der Waals surface area contributed by atoms with Crippen molar-refractivity contribution < 1.29 is 90.4 Å². The zero-order chi connectivity index (χ0) is 45.1. The van der Waals surface area contributed by atoms with Gasteiger partial charge >= 0.3 is 41.8 Å². The van der Waals surface area contributed by atoms with E-state index in [0.717, 1.165) is 20.8 Å². The molecule has 12 atom stereocenters. The normalized spacial score (nSPS) is 30.5. The predicted molar refractivity (Wildman–Crippen MR) is 211 cm³/mol. The number of hydrogen-bond acceptors (Lipinski definition) is 20. The molecule has 0 N–H and O–H groups in total. The van der Waals surface area contributed by atoms with E-state index in [9.17, 15) is 33.6 Å². The summed E-state index contributed by atoms with van der Waals surface area (Å²) < 4.78 is 71.5. The molecule has 5 rings (SSSR count). The molecule has 2 aromatic rings. The summed E-state index contributed by atoms with van der Waals surface area (Å²) in [4.78, 5) is 89.6. The Morgan fingerprint density at radius 3 is 1.74 bits per heavy atom. The molecule has 19 nitrogen and oxygen atoms in total. The summed E-state index contributed by atoms with van der Waals surface area (Å²) in [6, 6.07) is 15.8. The average Bonchev–Trinajstić information content (AvgIpc) is 3.53. The first kappa shape index (κ1) is 47.9. The molecule has 0 bridgehead atoms. The molecular weight excluding hydrogens is 841 g/mol. The van der Waals surface area contributed by atoms with Gasteiger partial charge in [-0.2, -0.15) is 0 Å². The van der Waals surface area contributed by atoms with Crippen molar-refractivity contribution in [1.29, 1.82) is 0 Å². The van der Waals surface area contributed by atoms with E-state index in [1.54, 1.807) is 43.3 Å². The van der Waals surface area contributed by atoms with Crippen LogP contribution in [0.15, 0.2) is 60.7 Å². The maximum Gasteiger partial charge on any atom is 0.338 e. The maximum absolute atomic E-state index is 14.0. The van der Waals surface area contributed by atoms with Gasteiger partial charge in [0, 0.05) is 34.6 Å². The lowest BCUT2D eigenvalue weighted by Crippen LogP contribution is -2.64. The molecule has 0 amide bonds. The molecule has 0 radical (unpaired) electrons. The van der Waals surface area contributed by atoms with Gasteiger partial charge in [0.2, 0.25) is 5.60 Å². The lowest BCUT2D eigenvalue weighted by Gasteiger charge is -2.47. The minimum absolute atomic E-state index is 0.0834. The van der Waals surface area contributed by atoms with Crippen LogP contribution in [0.3, 0.4) is 0 Å². The fourth-order valence-corrected chi connectivity index (χ4v) is 8.03. The fraction of sp³-hybridized carbons (Fsp3) is 0.548. The van der Waals surface area contributed by atoms with Crippen molar-refractivity contribution in [3.63, 3.8) is 0 Å². The number of carbonyl (C=O) groups is 7. The van der Waals surface area contributed by atoms with Gasteiger partial charge in [-0.25, -0.2) is 9.59 Å². The molecule has 3 heterocycles. The monoisotopic (exact) mass is 890 g/mol. The van der Waals surface area contributed by atoms with Crippen molar-refractivity contribution in [2.24, 2.45) is 0 Å². The first-order chi connectivity index (χ1) is 29.5. The summed E-state index contributed by atoms with van der Waals surface area (Å²) in [7, 11) is 0. The van der Waals surface area contributed by atoms with Crippen LogP contribution in [0.5, 0.6) is 0 Å². The third-order valence-electron chi connectivity index (χ3n) is 9.57. The second-order valence-electron chi connectivity index (χ2n) is 14.4. The third-order valence-corrected chi connectivity index (χ3v) is 10.6. The average molecular weight is 891 g/mol. The first-order valence-electron chi connectivity index (χ1n) is 19.7. The predicted octanol–water partition coefficient (Wildman–Crippen LogP) is 3.08. The second-order valence-corrected chi connectivity index (χ2v) is 15.8. The molecule has 0 unspecified atom stereocenters. The Bertz CT molecular complexity index is 1900. The van der Waals surface area contributed by atoms with E-state index in [1.807, 2.05) is 6.92 Å². The van der Waals surface area contributed by atoms with Crippen LogP contribution in [0.1, 0.15) is 69.2 Å². The van der Waals surface area contributed by atoms with Crippen LogP contribution in [-0.4, -0.2) is 140 Å². The number of esters is 7. The molecule has 0 saturated carbocycles. The van der Waals surface area contributed by atoms with E-state index >= 15 is 0 Å². The second kappa shape index (κ2) is 21.8. The van der Waals surface area contributed by atoms with Crippen molar-refractivity contribution in [1.82, 2.24) is 0 Å². The van der Waals surface area contributed by atoms with Crippen LogP contribution < -0.4 is 0 Å². The van der Waals surface area contributed by atoms with Gasteiger partial charge in [0.05, 0.1) is 30.4 Å². The molecule has 62 heavy (non-hydrogen) atoms. The van der Waals surface area contributed by atoms with Gasteiger partial charge in [-0.05, 0) is 36.9 Å². The van der Waals surface area contributed by atoms with E-state index in [4.69, 9.17) is 56.8 Å². The van der Waals surface area contributed by atoms with Crippen molar-refractivity contribution in [2.45, 2.75) is 121 Å². The summed E-state index contributed by atoms with van der Waals surface area (Å²) in [5.41, 5.74) is -2.50. The zero-order valence-electron chi connectivity index (χ0n) is 35.1. The Balaban J connectivity index is 1.61. The molecule has 2 aromatic carbocycles. The molecule has 3 saturated heterocycles. The van der Waals surface area contributed by atoms with Crippen LogP contribution in [0.25, 0.3) is 0 Å². The molecule has 3 aliphatic rings. The van der Waals surface area contributed by atoms with E-state index in [1.165, 1.54) is 49.9 Å². The smallest absolute Gasteiger partial charge is 0.338 e. The van der Waals surface area contributed by atoms with Crippen molar-refractivity contribution in [3.8, 4) is 0 Å². The van der Waals surface area contributed by atoms with Crippen LogP contribution >= 0.6 is 11.8 Å². The van der Waals surface area contributed by atoms with Crippen molar-refractivity contribution in [2.75, 3.05) is 25.6 Å². The topological polar surface area (TPSA) is 230 Å². The molecule has 3 fully saturated rings. The van der Waals surface area contributed by atoms with E-state index in [-0.39, 0.29) is 11.1 Å². The van der Waals surface area contributed by atoms with E-state index < -0.39 is 134 Å². The zero-order valence-corrected chi connectivity index (χ0v) is 35.9. The Labute approximate surface area is 361 Å². The Kier molecular flexibility index (Phi) is 16.8. The molecule has 0 aromatic heterocycles. The third kappa shape index (κ3) is 12.3. The Morgan fingerprint density at radius 1 is 0.629 bits per heavy atom. The Morgan fingerprint density at radius 2 is 1.19 bits per heavy atom. The number of ether oxygens (including phenoxy) is 12. The van der Waals surface area contributed by atoms with Gasteiger partial charge in [-0.15, -0.1) is 11.8 Å². The Hall–Kier alpha value is -5.12. The van der Waals surface area contributed by atoms with E-state index in [2.05, 4.69) is 0 Å². The van der Waals surface area contributed by atoms with Gasteiger partial charge < -0.3 is 56.8 Å². The highest BCUT2D eigenvalue weighted by Gasteiger charge is 2.60. The molecule has 20 heteroatoms. The van der Waals surface area contributed by atoms with Crippen LogP contribution in [0.4, 0.5) is 0 Å². The van der Waals surface area contributed by atoms with Crippen molar-refractivity contribution in [3.05, 3.63) is 71.8 Å². The highest BCUT2D eigenvalue weighted by molar-refractivity contribution is 7.99. The molecule has 0 aliphatic carbocycles. The summed E-state index contributed by atoms with van der Waals surface area (Å²) in [5.74, 6) is -5.10. The van der Waals surface area contributed by atoms with Gasteiger partial charge in [0.25, 0.3) is 0 Å². The number of carbonyl (C=O) groups excluding carboxylic acids is 7. The standard InChI is InChI=1S/C42H50O19S/c1-8-62-41-35(55-25(5)45)33(54-24(4)44)31(22(2)53-41)59-39-34(58-38(49)29-17-13-10-14-18-29)32(30(19-50-39)57-37(48)28-15-11-9-12-16-28)60-40-36(56-26(6)46)42(21-52-40,61-27(7)47)20-51-23(3)43/h9-18,22,30-36,39-41H,8,19-21H2,1-7H3/t22-,30+,31-,32-,33+,34+,35+,36-,39-,40-,41-,42+/m0/s1. The summed E-state index contributed by atoms with van der Waals surface area (Å²) in [5, 5.41) is 0. The molecular formula is C42H50O19S. The number of benzene rings is 2. The van der Waals surface area contributed by atoms with E-state index in [0.29, 0.717) is 5.75 Å². The van der Waals surface area contributed by atoms with Crippen LogP contribution in [0.2, 0.25) is 0 Å². The minimum atomic E-state index is -1.94. The number of hydrogen-bond donors (Lipinski definition) is 0. The molecule has 3 aliphatic heterocycles. The number of thioether (sulfide) groups is 1. The maximum atomic E-state index is 14.0. The molecule has 338 valence electrons. The van der Waals surface area contributed by atoms with Gasteiger partial charge in [0.15, 0.2) is 43.1 Å². The first-order valence-corrected chi connectivity index (χ1v) is 20.7. The minimum Gasteiger partial charge on any atom is -0.461 e. The van der Waals surface area contributed by atoms with Gasteiger partial charge in [-0.1, -0.05) is 43.3 Å². The largest absolute Gasteiger partial charge is 0.461 e. The van der Waals surface area contributed by atoms with Gasteiger partial charge in [-0.3, -0.25) is 24.0 Å². The van der Waals surface area contributed by atoms with Crippen molar-refractivity contribution >= 4 is 53.5 Å².